The standard InChI is InChI=1S/C15H26O6/c1-9-14(5,6)15(7,8)19-13(17)18-11(4)20-21-12(16)10(2)3/h11H,2,9H2,1,3-8H3. The number of rotatable bonds is 7. The molecule has 122 valence electrons. The second-order valence-corrected chi connectivity index (χ2v) is 6.03. The lowest BCUT2D eigenvalue weighted by Crippen LogP contribution is -2.43. The van der Waals surface area contributed by atoms with Crippen LogP contribution in [-0.2, 0) is 24.0 Å². The Morgan fingerprint density at radius 2 is 1.71 bits per heavy atom. The van der Waals surface area contributed by atoms with E-state index in [2.05, 4.69) is 16.4 Å². The molecule has 0 heterocycles. The van der Waals surface area contributed by atoms with Crippen molar-refractivity contribution < 1.29 is 28.8 Å². The van der Waals surface area contributed by atoms with Crippen molar-refractivity contribution in [1.82, 2.24) is 0 Å². The summed E-state index contributed by atoms with van der Waals surface area (Å²) in [5, 5.41) is 0. The van der Waals surface area contributed by atoms with Crippen molar-refractivity contribution in [3.05, 3.63) is 12.2 Å². The Balaban J connectivity index is 4.38. The molecule has 0 N–H and O–H groups in total. The zero-order valence-electron chi connectivity index (χ0n) is 13.9. The van der Waals surface area contributed by atoms with Crippen LogP contribution in [0, 0.1) is 5.41 Å². The van der Waals surface area contributed by atoms with Gasteiger partial charge in [-0.05, 0) is 27.2 Å². The van der Waals surface area contributed by atoms with E-state index in [4.69, 9.17) is 9.47 Å². The maximum absolute atomic E-state index is 11.7. The van der Waals surface area contributed by atoms with Crippen molar-refractivity contribution in [2.75, 3.05) is 0 Å². The fourth-order valence-electron chi connectivity index (χ4n) is 1.13. The summed E-state index contributed by atoms with van der Waals surface area (Å²) in [6.07, 6.45) is -1.14. The molecular formula is C15H26O6. The van der Waals surface area contributed by atoms with Gasteiger partial charge in [0.05, 0.1) is 0 Å². The molecule has 0 spiro atoms. The van der Waals surface area contributed by atoms with E-state index in [0.717, 1.165) is 6.42 Å². The molecule has 0 rings (SSSR count). The largest absolute Gasteiger partial charge is 0.511 e. The van der Waals surface area contributed by atoms with Crippen molar-refractivity contribution in [1.29, 1.82) is 0 Å². The summed E-state index contributed by atoms with van der Waals surface area (Å²) in [6, 6.07) is 0. The van der Waals surface area contributed by atoms with Gasteiger partial charge in [0.25, 0.3) is 0 Å². The fourth-order valence-corrected chi connectivity index (χ4v) is 1.13. The van der Waals surface area contributed by atoms with Crippen LogP contribution in [0.4, 0.5) is 4.79 Å². The van der Waals surface area contributed by atoms with E-state index in [1.807, 2.05) is 34.6 Å². The van der Waals surface area contributed by atoms with Gasteiger partial charge in [0.1, 0.15) is 5.60 Å². The average molecular weight is 302 g/mol. The van der Waals surface area contributed by atoms with E-state index < -0.39 is 24.0 Å². The number of carbonyl (C=O) groups excluding carboxylic acids is 2. The number of ether oxygens (including phenoxy) is 2. The first-order valence-electron chi connectivity index (χ1n) is 6.85. The molecule has 0 aliphatic heterocycles. The molecule has 0 radical (unpaired) electrons. The van der Waals surface area contributed by atoms with Gasteiger partial charge in [0.2, 0.25) is 6.29 Å². The van der Waals surface area contributed by atoms with Crippen LogP contribution < -0.4 is 0 Å². The first kappa shape index (κ1) is 19.4. The van der Waals surface area contributed by atoms with Crippen LogP contribution in [0.3, 0.4) is 0 Å². The van der Waals surface area contributed by atoms with Crippen molar-refractivity contribution in [2.45, 2.75) is 66.8 Å². The summed E-state index contributed by atoms with van der Waals surface area (Å²) in [4.78, 5) is 31.9. The Morgan fingerprint density at radius 3 is 2.14 bits per heavy atom. The molecular weight excluding hydrogens is 276 g/mol. The number of carbonyl (C=O) groups is 2. The minimum absolute atomic E-state index is 0.176. The lowest BCUT2D eigenvalue weighted by Gasteiger charge is -2.39. The van der Waals surface area contributed by atoms with Gasteiger partial charge in [-0.1, -0.05) is 27.4 Å². The van der Waals surface area contributed by atoms with E-state index in [0.29, 0.717) is 0 Å². The predicted octanol–water partition coefficient (Wildman–Crippen LogP) is 3.75. The summed E-state index contributed by atoms with van der Waals surface area (Å²) in [5.74, 6) is -0.730. The molecule has 0 bridgehead atoms. The summed E-state index contributed by atoms with van der Waals surface area (Å²) in [7, 11) is 0. The van der Waals surface area contributed by atoms with Gasteiger partial charge in [-0.25, -0.2) is 9.59 Å². The second-order valence-electron chi connectivity index (χ2n) is 6.03. The quantitative estimate of drug-likeness (QED) is 0.234. The van der Waals surface area contributed by atoms with Crippen LogP contribution in [0.1, 0.15) is 54.9 Å². The highest BCUT2D eigenvalue weighted by molar-refractivity contribution is 5.86. The molecule has 6 heteroatoms. The Hall–Kier alpha value is -1.56. The summed E-state index contributed by atoms with van der Waals surface area (Å²) < 4.78 is 10.2. The summed E-state index contributed by atoms with van der Waals surface area (Å²) >= 11 is 0. The molecule has 0 saturated heterocycles. The van der Waals surface area contributed by atoms with Gasteiger partial charge in [0, 0.05) is 17.9 Å². The third-order valence-corrected chi connectivity index (χ3v) is 3.72. The molecule has 0 aromatic carbocycles. The average Bonchev–Trinajstić information content (AvgIpc) is 2.34. The highest BCUT2D eigenvalue weighted by Crippen LogP contribution is 2.36. The SMILES string of the molecule is C=C(C)C(=O)OOC(C)OC(=O)OC(C)(C)C(C)(C)CC. The van der Waals surface area contributed by atoms with Gasteiger partial charge in [-0.15, -0.1) is 4.89 Å². The molecule has 21 heavy (non-hydrogen) atoms. The molecule has 0 amide bonds. The van der Waals surface area contributed by atoms with Crippen molar-refractivity contribution in [3.8, 4) is 0 Å². The Morgan fingerprint density at radius 1 is 1.19 bits per heavy atom. The predicted molar refractivity (Wildman–Crippen MR) is 77.2 cm³/mol. The Bertz CT molecular complexity index is 397. The third-order valence-electron chi connectivity index (χ3n) is 3.72. The van der Waals surface area contributed by atoms with Crippen LogP contribution in [0.2, 0.25) is 0 Å². The van der Waals surface area contributed by atoms with Crippen LogP contribution in [0.5, 0.6) is 0 Å². The van der Waals surface area contributed by atoms with Crippen molar-refractivity contribution in [2.24, 2.45) is 5.41 Å². The van der Waals surface area contributed by atoms with Gasteiger partial charge in [0.15, 0.2) is 0 Å². The van der Waals surface area contributed by atoms with E-state index in [1.54, 1.807) is 0 Å². The molecule has 0 aromatic rings. The maximum atomic E-state index is 11.7. The van der Waals surface area contributed by atoms with Gasteiger partial charge >= 0.3 is 12.1 Å². The highest BCUT2D eigenvalue weighted by Gasteiger charge is 2.39. The van der Waals surface area contributed by atoms with Gasteiger partial charge in [-0.2, -0.15) is 0 Å². The molecule has 0 fully saturated rings. The Labute approximate surface area is 126 Å². The van der Waals surface area contributed by atoms with Gasteiger partial charge in [-0.3, -0.25) is 4.89 Å². The van der Waals surface area contributed by atoms with Crippen molar-refractivity contribution >= 4 is 12.1 Å². The zero-order valence-corrected chi connectivity index (χ0v) is 13.9. The summed E-state index contributed by atoms with van der Waals surface area (Å²) in [6.45, 7) is 15.9. The normalized spacial score (nSPS) is 13.3. The summed E-state index contributed by atoms with van der Waals surface area (Å²) in [5.41, 5.74) is -0.759. The smallest absolute Gasteiger partial charge is 0.428 e. The monoisotopic (exact) mass is 302 g/mol. The van der Waals surface area contributed by atoms with Crippen LogP contribution in [-0.4, -0.2) is 24.0 Å². The zero-order chi connectivity index (χ0) is 16.8. The molecule has 1 atom stereocenters. The first-order valence-corrected chi connectivity index (χ1v) is 6.85. The molecule has 1 unspecified atom stereocenters. The number of hydrogen-bond donors (Lipinski definition) is 0. The van der Waals surface area contributed by atoms with Gasteiger partial charge < -0.3 is 9.47 Å². The van der Waals surface area contributed by atoms with E-state index >= 15 is 0 Å². The van der Waals surface area contributed by atoms with E-state index in [9.17, 15) is 9.59 Å². The lowest BCUT2D eigenvalue weighted by molar-refractivity contribution is -0.336. The minimum Gasteiger partial charge on any atom is -0.428 e. The lowest BCUT2D eigenvalue weighted by atomic mass is 9.75. The Kier molecular flexibility index (Phi) is 6.90. The molecule has 0 saturated carbocycles. The second kappa shape index (κ2) is 7.45. The first-order chi connectivity index (χ1) is 9.43. The van der Waals surface area contributed by atoms with Crippen LogP contribution in [0.25, 0.3) is 0 Å². The van der Waals surface area contributed by atoms with E-state index in [-0.39, 0.29) is 11.0 Å². The minimum atomic E-state index is -1.08. The molecule has 6 nitrogen and oxygen atoms in total. The molecule has 0 aliphatic carbocycles. The fraction of sp³-hybridized carbons (Fsp3) is 0.733. The third kappa shape index (κ3) is 6.16. The molecule has 0 aromatic heterocycles. The van der Waals surface area contributed by atoms with E-state index in [1.165, 1.54) is 13.8 Å². The topological polar surface area (TPSA) is 71.1 Å². The molecule has 0 aliphatic rings. The highest BCUT2D eigenvalue weighted by atomic mass is 17.2. The van der Waals surface area contributed by atoms with Crippen LogP contribution >= 0.6 is 0 Å². The maximum Gasteiger partial charge on any atom is 0.511 e. The van der Waals surface area contributed by atoms with Crippen LogP contribution in [0.15, 0.2) is 12.2 Å². The number of hydrogen-bond acceptors (Lipinski definition) is 6. The van der Waals surface area contributed by atoms with Crippen molar-refractivity contribution in [3.63, 3.8) is 0 Å².